The maximum Gasteiger partial charge on any atom is 0.0491 e. The quantitative estimate of drug-likeness (QED) is 0.740. The predicted molar refractivity (Wildman–Crippen MR) is 66.5 cm³/mol. The minimum Gasteiger partial charge on any atom is -0.358 e. The Kier molecular flexibility index (Phi) is 2.56. The van der Waals surface area contributed by atoms with Crippen molar-refractivity contribution in [3.05, 3.63) is 35.5 Å². The third-order valence-electron chi connectivity index (χ3n) is 2.95. The lowest BCUT2D eigenvalue weighted by atomic mass is 10.0. The summed E-state index contributed by atoms with van der Waals surface area (Å²) in [5.41, 5.74) is 4.06. The molecule has 0 unspecified atom stereocenters. The van der Waals surface area contributed by atoms with E-state index < -0.39 is 0 Å². The molecule has 0 bridgehead atoms. The molecule has 0 fully saturated rings. The Balaban J connectivity index is 2.64. The Bertz CT molecular complexity index is 463. The average molecular weight is 201 g/mol. The first-order chi connectivity index (χ1) is 7.09. The second kappa shape index (κ2) is 3.73. The summed E-state index contributed by atoms with van der Waals surface area (Å²) < 4.78 is 0. The molecule has 1 nitrogen and oxygen atoms in total. The highest BCUT2D eigenvalue weighted by atomic mass is 14.7. The minimum atomic E-state index is 0.567. The largest absolute Gasteiger partial charge is 0.358 e. The second-order valence-corrected chi connectivity index (χ2v) is 4.85. The number of para-hydroxylation sites is 1. The molecule has 0 atom stereocenters. The van der Waals surface area contributed by atoms with Crippen molar-refractivity contribution in [1.29, 1.82) is 0 Å². The van der Waals surface area contributed by atoms with Gasteiger partial charge in [0.25, 0.3) is 0 Å². The average Bonchev–Trinajstić information content (AvgIpc) is 2.60. The van der Waals surface area contributed by atoms with Gasteiger partial charge in [0.15, 0.2) is 0 Å². The first-order valence-electron chi connectivity index (χ1n) is 5.71. The van der Waals surface area contributed by atoms with Crippen molar-refractivity contribution < 1.29 is 0 Å². The monoisotopic (exact) mass is 201 g/mol. The Morgan fingerprint density at radius 1 is 1.00 bits per heavy atom. The topological polar surface area (TPSA) is 15.8 Å². The van der Waals surface area contributed by atoms with Crippen molar-refractivity contribution >= 4 is 10.9 Å². The summed E-state index contributed by atoms with van der Waals surface area (Å²) in [6.45, 7) is 8.93. The summed E-state index contributed by atoms with van der Waals surface area (Å²) in [4.78, 5) is 3.54. The molecule has 0 aliphatic carbocycles. The number of aromatic nitrogens is 1. The SMILES string of the molecule is CC(C)c1cc2cccc(C(C)C)c2[nH]1. The van der Waals surface area contributed by atoms with Crippen LogP contribution in [-0.2, 0) is 0 Å². The molecule has 0 amide bonds. The van der Waals surface area contributed by atoms with Gasteiger partial charge in [0.1, 0.15) is 0 Å². The summed E-state index contributed by atoms with van der Waals surface area (Å²) in [7, 11) is 0. The molecule has 1 N–H and O–H groups in total. The van der Waals surface area contributed by atoms with Crippen molar-refractivity contribution in [2.45, 2.75) is 39.5 Å². The molecule has 0 aliphatic heterocycles. The van der Waals surface area contributed by atoms with Gasteiger partial charge < -0.3 is 4.98 Å². The lowest BCUT2D eigenvalue weighted by molar-refractivity contribution is 0.832. The van der Waals surface area contributed by atoms with Gasteiger partial charge in [0, 0.05) is 11.2 Å². The summed E-state index contributed by atoms with van der Waals surface area (Å²) in [5.74, 6) is 1.14. The molecule has 2 aromatic rings. The van der Waals surface area contributed by atoms with Gasteiger partial charge in [-0.2, -0.15) is 0 Å². The molecule has 1 heteroatoms. The second-order valence-electron chi connectivity index (χ2n) is 4.85. The molecule has 0 saturated heterocycles. The Hall–Kier alpha value is -1.24. The van der Waals surface area contributed by atoms with E-state index in [1.54, 1.807) is 0 Å². The van der Waals surface area contributed by atoms with Crippen LogP contribution in [0.15, 0.2) is 24.3 Å². The zero-order chi connectivity index (χ0) is 11.0. The molecule has 0 aliphatic rings. The van der Waals surface area contributed by atoms with Crippen LogP contribution in [0.25, 0.3) is 10.9 Å². The van der Waals surface area contributed by atoms with Crippen LogP contribution in [-0.4, -0.2) is 4.98 Å². The van der Waals surface area contributed by atoms with Gasteiger partial charge in [0.2, 0.25) is 0 Å². The summed E-state index contributed by atoms with van der Waals surface area (Å²) in [6.07, 6.45) is 0. The third kappa shape index (κ3) is 1.79. The van der Waals surface area contributed by atoms with Crippen LogP contribution in [0.3, 0.4) is 0 Å². The van der Waals surface area contributed by atoms with Gasteiger partial charge in [-0.05, 0) is 28.9 Å². The molecule has 0 saturated carbocycles. The highest BCUT2D eigenvalue weighted by Crippen LogP contribution is 2.27. The Morgan fingerprint density at radius 2 is 1.73 bits per heavy atom. The smallest absolute Gasteiger partial charge is 0.0491 e. The van der Waals surface area contributed by atoms with E-state index >= 15 is 0 Å². The van der Waals surface area contributed by atoms with Crippen LogP contribution in [0, 0.1) is 0 Å². The highest BCUT2D eigenvalue weighted by molar-refractivity contribution is 5.84. The first-order valence-corrected chi connectivity index (χ1v) is 5.71. The van der Waals surface area contributed by atoms with Crippen LogP contribution >= 0.6 is 0 Å². The molecular weight excluding hydrogens is 182 g/mol. The molecule has 2 rings (SSSR count). The minimum absolute atomic E-state index is 0.567. The van der Waals surface area contributed by atoms with Crippen molar-refractivity contribution in [2.24, 2.45) is 0 Å². The number of aromatic amines is 1. The molecule has 0 radical (unpaired) electrons. The van der Waals surface area contributed by atoms with Gasteiger partial charge in [-0.3, -0.25) is 0 Å². The zero-order valence-electron chi connectivity index (χ0n) is 9.96. The van der Waals surface area contributed by atoms with Crippen LogP contribution in [0.5, 0.6) is 0 Å². The Labute approximate surface area is 91.5 Å². The van der Waals surface area contributed by atoms with Gasteiger partial charge in [-0.1, -0.05) is 45.9 Å². The van der Waals surface area contributed by atoms with E-state index in [9.17, 15) is 0 Å². The Morgan fingerprint density at radius 3 is 2.33 bits per heavy atom. The number of benzene rings is 1. The fourth-order valence-corrected chi connectivity index (χ4v) is 1.99. The van der Waals surface area contributed by atoms with E-state index in [2.05, 4.69) is 56.9 Å². The van der Waals surface area contributed by atoms with Crippen LogP contribution in [0.2, 0.25) is 0 Å². The van der Waals surface area contributed by atoms with Crippen LogP contribution < -0.4 is 0 Å². The van der Waals surface area contributed by atoms with Crippen LogP contribution in [0.4, 0.5) is 0 Å². The van der Waals surface area contributed by atoms with Gasteiger partial charge in [-0.25, -0.2) is 0 Å². The number of H-pyrrole nitrogens is 1. The van der Waals surface area contributed by atoms with E-state index in [0.29, 0.717) is 11.8 Å². The molecular formula is C14H19N. The van der Waals surface area contributed by atoms with Crippen molar-refractivity contribution in [3.8, 4) is 0 Å². The fraction of sp³-hybridized carbons (Fsp3) is 0.429. The maximum absolute atomic E-state index is 3.54. The lowest BCUT2D eigenvalue weighted by Gasteiger charge is -2.06. The predicted octanol–water partition coefficient (Wildman–Crippen LogP) is 4.41. The number of rotatable bonds is 2. The molecule has 1 aromatic heterocycles. The number of hydrogen-bond acceptors (Lipinski definition) is 0. The molecule has 0 spiro atoms. The van der Waals surface area contributed by atoms with E-state index in [1.807, 2.05) is 0 Å². The number of nitrogens with one attached hydrogen (secondary N) is 1. The zero-order valence-corrected chi connectivity index (χ0v) is 9.96. The maximum atomic E-state index is 3.54. The van der Waals surface area contributed by atoms with Crippen molar-refractivity contribution in [2.75, 3.05) is 0 Å². The van der Waals surface area contributed by atoms with Gasteiger partial charge >= 0.3 is 0 Å². The fourth-order valence-electron chi connectivity index (χ4n) is 1.99. The molecule has 15 heavy (non-hydrogen) atoms. The highest BCUT2D eigenvalue weighted by Gasteiger charge is 2.09. The summed E-state index contributed by atoms with van der Waals surface area (Å²) in [6, 6.07) is 8.82. The van der Waals surface area contributed by atoms with Gasteiger partial charge in [-0.15, -0.1) is 0 Å². The van der Waals surface area contributed by atoms with Gasteiger partial charge in [0.05, 0.1) is 0 Å². The number of hydrogen-bond donors (Lipinski definition) is 1. The van der Waals surface area contributed by atoms with Crippen molar-refractivity contribution in [1.82, 2.24) is 4.98 Å². The third-order valence-corrected chi connectivity index (χ3v) is 2.95. The summed E-state index contributed by atoms with van der Waals surface area (Å²) >= 11 is 0. The van der Waals surface area contributed by atoms with Crippen LogP contribution in [0.1, 0.15) is 50.8 Å². The normalized spacial score (nSPS) is 11.9. The van der Waals surface area contributed by atoms with E-state index in [1.165, 1.54) is 22.2 Å². The number of fused-ring (bicyclic) bond motifs is 1. The van der Waals surface area contributed by atoms with Crippen molar-refractivity contribution in [3.63, 3.8) is 0 Å². The molecule has 80 valence electrons. The van der Waals surface area contributed by atoms with E-state index in [-0.39, 0.29) is 0 Å². The molecule has 1 aromatic carbocycles. The standard InChI is InChI=1S/C14H19N/c1-9(2)12-7-5-6-11-8-13(10(3)4)15-14(11)12/h5-10,15H,1-4H3. The lowest BCUT2D eigenvalue weighted by Crippen LogP contribution is -1.89. The van der Waals surface area contributed by atoms with E-state index in [4.69, 9.17) is 0 Å². The first kappa shape index (κ1) is 10.3. The summed E-state index contributed by atoms with van der Waals surface area (Å²) in [5, 5.41) is 1.34. The van der Waals surface area contributed by atoms with E-state index in [0.717, 1.165) is 0 Å². The molecule has 1 heterocycles.